The van der Waals surface area contributed by atoms with E-state index in [0.29, 0.717) is 0 Å². The molecule has 2 atom stereocenters. The summed E-state index contributed by atoms with van der Waals surface area (Å²) < 4.78 is 38.9. The molecule has 1 fully saturated rings. The minimum absolute atomic E-state index is 0.00700. The van der Waals surface area contributed by atoms with Gasteiger partial charge in [0, 0.05) is 30.8 Å². The Morgan fingerprint density at radius 2 is 1.96 bits per heavy atom. The molecule has 0 unspecified atom stereocenters. The third-order valence-electron chi connectivity index (χ3n) is 4.00. The molecular weight excluding hydrogens is 333 g/mol. The van der Waals surface area contributed by atoms with Gasteiger partial charge in [-0.25, -0.2) is 0 Å². The Morgan fingerprint density at radius 1 is 1.33 bits per heavy atom. The maximum absolute atomic E-state index is 13.0. The zero-order chi connectivity index (χ0) is 18.2. The Bertz CT molecular complexity index is 704. The van der Waals surface area contributed by atoms with Crippen molar-refractivity contribution in [2.45, 2.75) is 13.1 Å². The molecule has 1 aliphatic rings. The van der Waals surface area contributed by atoms with Gasteiger partial charge in [-0.05, 0) is 18.6 Å². The Balaban J connectivity index is 2.28. The number of nitro groups is 1. The van der Waals surface area contributed by atoms with Crippen LogP contribution in [0.2, 0.25) is 0 Å². The second-order valence-electron chi connectivity index (χ2n) is 5.56. The van der Waals surface area contributed by atoms with Crippen LogP contribution >= 0.6 is 0 Å². The van der Waals surface area contributed by atoms with E-state index in [1.54, 1.807) is 0 Å². The van der Waals surface area contributed by atoms with Crippen LogP contribution < -0.4 is 0 Å². The van der Waals surface area contributed by atoms with Gasteiger partial charge in [0.1, 0.15) is 0 Å². The number of amides is 1. The summed E-state index contributed by atoms with van der Waals surface area (Å²) in [6, 6.07) is 3.37. The predicted octanol–water partition coefficient (Wildman–Crippen LogP) is 2.24. The summed E-state index contributed by atoms with van der Waals surface area (Å²) in [6.07, 6.45) is -4.73. The molecular formula is C14H13F3N2O5. The Morgan fingerprint density at radius 3 is 2.38 bits per heavy atom. The summed E-state index contributed by atoms with van der Waals surface area (Å²) in [5, 5.41) is 19.6. The average Bonchev–Trinajstić information content (AvgIpc) is 2.91. The Hall–Kier alpha value is -2.65. The van der Waals surface area contributed by atoms with Crippen molar-refractivity contribution in [1.29, 1.82) is 0 Å². The number of aliphatic carboxylic acids is 1. The average molecular weight is 346 g/mol. The second-order valence-corrected chi connectivity index (χ2v) is 5.56. The predicted molar refractivity (Wildman–Crippen MR) is 74.4 cm³/mol. The Kier molecular flexibility index (Phi) is 4.50. The number of halogens is 3. The molecule has 1 aromatic carbocycles. The summed E-state index contributed by atoms with van der Waals surface area (Å²) in [6.45, 7) is 0.108. The first-order valence-electron chi connectivity index (χ1n) is 6.86. The molecule has 0 aromatic heterocycles. The van der Waals surface area contributed by atoms with Crippen LogP contribution in [0.25, 0.3) is 0 Å². The lowest BCUT2D eigenvalue weighted by atomic mass is 9.96. The van der Waals surface area contributed by atoms with E-state index in [1.165, 1.54) is 6.92 Å². The van der Waals surface area contributed by atoms with Gasteiger partial charge in [-0.2, -0.15) is 13.2 Å². The van der Waals surface area contributed by atoms with Gasteiger partial charge in [-0.1, -0.05) is 0 Å². The van der Waals surface area contributed by atoms with Crippen molar-refractivity contribution < 1.29 is 32.8 Å². The lowest BCUT2D eigenvalue weighted by Crippen LogP contribution is -2.34. The largest absolute Gasteiger partial charge is 0.481 e. The zero-order valence-corrected chi connectivity index (χ0v) is 12.4. The smallest absolute Gasteiger partial charge is 0.394 e. The lowest BCUT2D eigenvalue weighted by Gasteiger charge is -2.19. The van der Waals surface area contributed by atoms with Crippen LogP contribution in [0.5, 0.6) is 0 Å². The number of benzene rings is 1. The van der Waals surface area contributed by atoms with Crippen LogP contribution in [0, 0.1) is 28.9 Å². The Labute approximate surface area is 133 Å². The molecule has 0 spiro atoms. The van der Waals surface area contributed by atoms with E-state index in [4.69, 9.17) is 5.11 Å². The number of nitro benzene ring substituents is 1. The molecule has 1 aromatic rings. The molecule has 130 valence electrons. The van der Waals surface area contributed by atoms with Crippen LogP contribution in [0.4, 0.5) is 18.9 Å². The van der Waals surface area contributed by atoms with Crippen molar-refractivity contribution in [2.24, 2.45) is 11.8 Å². The molecule has 10 heteroatoms. The molecule has 0 aliphatic carbocycles. The highest BCUT2D eigenvalue weighted by atomic mass is 19.4. The topological polar surface area (TPSA) is 101 Å². The number of aryl methyl sites for hydroxylation is 1. The lowest BCUT2D eigenvalue weighted by molar-refractivity contribution is -0.384. The molecule has 0 radical (unpaired) electrons. The molecule has 24 heavy (non-hydrogen) atoms. The van der Waals surface area contributed by atoms with Crippen LogP contribution in [0.15, 0.2) is 18.2 Å². The third kappa shape index (κ3) is 3.31. The number of likely N-dealkylation sites (tertiary alicyclic amines) is 1. The highest BCUT2D eigenvalue weighted by Gasteiger charge is 2.53. The number of carbonyl (C=O) groups is 2. The van der Waals surface area contributed by atoms with Crippen molar-refractivity contribution in [1.82, 2.24) is 4.90 Å². The second kappa shape index (κ2) is 6.10. The van der Waals surface area contributed by atoms with E-state index in [1.807, 2.05) is 0 Å². The molecule has 0 bridgehead atoms. The molecule has 7 nitrogen and oxygen atoms in total. The number of alkyl halides is 3. The monoisotopic (exact) mass is 346 g/mol. The number of hydrogen-bond donors (Lipinski definition) is 1. The van der Waals surface area contributed by atoms with Gasteiger partial charge in [0.2, 0.25) is 0 Å². The number of hydrogen-bond acceptors (Lipinski definition) is 4. The van der Waals surface area contributed by atoms with Gasteiger partial charge >= 0.3 is 12.1 Å². The number of carboxylic acid groups (broad SMARTS) is 1. The van der Waals surface area contributed by atoms with Crippen LogP contribution in [0.1, 0.15) is 15.9 Å². The van der Waals surface area contributed by atoms with Crippen LogP contribution in [-0.4, -0.2) is 46.1 Å². The molecule has 2 rings (SSSR count). The van der Waals surface area contributed by atoms with Gasteiger partial charge in [0.25, 0.3) is 11.6 Å². The number of rotatable bonds is 3. The molecule has 1 aliphatic heterocycles. The van der Waals surface area contributed by atoms with Gasteiger partial charge in [-0.3, -0.25) is 19.7 Å². The highest BCUT2D eigenvalue weighted by molar-refractivity contribution is 5.96. The molecule has 1 N–H and O–H groups in total. The maximum atomic E-state index is 13.0. The van der Waals surface area contributed by atoms with Crippen molar-refractivity contribution >= 4 is 17.6 Å². The molecule has 1 heterocycles. The van der Waals surface area contributed by atoms with Crippen LogP contribution in [-0.2, 0) is 4.79 Å². The normalized spacial score (nSPS) is 20.9. The number of nitrogens with zero attached hydrogens (tertiary/aromatic N) is 2. The van der Waals surface area contributed by atoms with E-state index < -0.39 is 47.9 Å². The van der Waals surface area contributed by atoms with Crippen molar-refractivity contribution in [3.63, 3.8) is 0 Å². The maximum Gasteiger partial charge on any atom is 0.394 e. The molecule has 1 saturated heterocycles. The third-order valence-corrected chi connectivity index (χ3v) is 4.00. The fraction of sp³-hybridized carbons (Fsp3) is 0.429. The fourth-order valence-corrected chi connectivity index (χ4v) is 2.72. The molecule has 1 amide bonds. The van der Waals surface area contributed by atoms with Crippen molar-refractivity contribution in [3.05, 3.63) is 39.4 Å². The SMILES string of the molecule is Cc1cc([N+](=O)[O-])ccc1C(=O)N1C[C@@H](C(F)(F)F)[C@H](C(=O)O)C1. The minimum Gasteiger partial charge on any atom is -0.481 e. The number of carbonyl (C=O) groups excluding carboxylic acids is 1. The first-order valence-corrected chi connectivity index (χ1v) is 6.86. The standard InChI is InChI=1S/C14H13F3N2O5/c1-7-4-8(19(23)24)2-3-9(7)12(20)18-5-10(13(21)22)11(6-18)14(15,16)17/h2-4,10-11H,5-6H2,1H3,(H,21,22)/t10-,11-/m1/s1. The molecule has 0 saturated carbocycles. The van der Waals surface area contributed by atoms with Crippen molar-refractivity contribution in [2.75, 3.05) is 13.1 Å². The first kappa shape index (κ1) is 17.7. The number of non-ortho nitro benzene ring substituents is 1. The van der Waals surface area contributed by atoms with Crippen molar-refractivity contribution in [3.8, 4) is 0 Å². The zero-order valence-electron chi connectivity index (χ0n) is 12.4. The quantitative estimate of drug-likeness (QED) is 0.668. The summed E-state index contributed by atoms with van der Waals surface area (Å²) in [5.74, 6) is -6.27. The van der Waals surface area contributed by atoms with E-state index in [2.05, 4.69) is 0 Å². The van der Waals surface area contributed by atoms with Gasteiger partial charge in [-0.15, -0.1) is 0 Å². The fourth-order valence-electron chi connectivity index (χ4n) is 2.72. The minimum atomic E-state index is -4.73. The van der Waals surface area contributed by atoms with Gasteiger partial charge in [0.05, 0.1) is 16.8 Å². The summed E-state index contributed by atoms with van der Waals surface area (Å²) in [7, 11) is 0. The van der Waals surface area contributed by atoms with E-state index in [0.717, 1.165) is 23.1 Å². The summed E-state index contributed by atoms with van der Waals surface area (Å²) in [4.78, 5) is 34.3. The number of carboxylic acids is 1. The van der Waals surface area contributed by atoms with Gasteiger partial charge in [0.15, 0.2) is 0 Å². The van der Waals surface area contributed by atoms with E-state index in [-0.39, 0.29) is 16.8 Å². The van der Waals surface area contributed by atoms with E-state index in [9.17, 15) is 32.9 Å². The highest BCUT2D eigenvalue weighted by Crippen LogP contribution is 2.38. The van der Waals surface area contributed by atoms with Crippen LogP contribution in [0.3, 0.4) is 0 Å². The summed E-state index contributed by atoms with van der Waals surface area (Å²) >= 11 is 0. The van der Waals surface area contributed by atoms with E-state index >= 15 is 0 Å². The van der Waals surface area contributed by atoms with Gasteiger partial charge < -0.3 is 10.0 Å². The summed E-state index contributed by atoms with van der Waals surface area (Å²) in [5.41, 5.74) is -0.00819. The first-order chi connectivity index (χ1) is 11.0.